The molecule has 2 aliphatic heterocycles. The number of hydrogen-bond donors (Lipinski definition) is 0. The fourth-order valence-corrected chi connectivity index (χ4v) is 4.56. The zero-order valence-electron chi connectivity index (χ0n) is 19.2. The first-order valence-electron chi connectivity index (χ1n) is 11.8. The van der Waals surface area contributed by atoms with Crippen LogP contribution in [-0.2, 0) is 0 Å². The second kappa shape index (κ2) is 10.5. The minimum atomic E-state index is -0.000776. The van der Waals surface area contributed by atoms with Gasteiger partial charge >= 0.3 is 0 Å². The van der Waals surface area contributed by atoms with Crippen LogP contribution >= 0.6 is 0 Å². The normalized spacial score (nSPS) is 19.1. The number of nitrogens with zero attached hydrogens (tertiary/aromatic N) is 3. The van der Waals surface area contributed by atoms with Crippen molar-refractivity contribution in [3.63, 3.8) is 0 Å². The molecule has 0 aliphatic carbocycles. The Bertz CT molecular complexity index is 1000. The molecule has 2 saturated heterocycles. The number of hydrogen-bond acceptors (Lipinski definition) is 4. The summed E-state index contributed by atoms with van der Waals surface area (Å²) in [6.07, 6.45) is 4.09. The molecule has 0 saturated carbocycles. The van der Waals surface area contributed by atoms with Crippen LogP contribution in [0.25, 0.3) is 0 Å². The molecule has 2 fully saturated rings. The molecule has 0 unspecified atom stereocenters. The Kier molecular flexibility index (Phi) is 7.29. The Hall–Kier alpha value is -3.33. The Labute approximate surface area is 195 Å². The van der Waals surface area contributed by atoms with Gasteiger partial charge in [0.2, 0.25) is 0 Å². The van der Waals surface area contributed by atoms with Crippen LogP contribution in [0.2, 0.25) is 0 Å². The summed E-state index contributed by atoms with van der Waals surface area (Å²) in [5.41, 5.74) is 1.86. The second-order valence-corrected chi connectivity index (χ2v) is 9.26. The quantitative estimate of drug-likeness (QED) is 0.685. The van der Waals surface area contributed by atoms with Crippen LogP contribution in [0.5, 0.6) is 5.75 Å². The van der Waals surface area contributed by atoms with Gasteiger partial charge in [0.1, 0.15) is 5.75 Å². The van der Waals surface area contributed by atoms with Gasteiger partial charge in [0.05, 0.1) is 18.2 Å². The first kappa shape index (κ1) is 22.8. The molecular formula is C27H31N3O3. The molecular weight excluding hydrogens is 414 g/mol. The summed E-state index contributed by atoms with van der Waals surface area (Å²) in [4.78, 5) is 29.4. The molecule has 0 bridgehead atoms. The van der Waals surface area contributed by atoms with E-state index in [-0.39, 0.29) is 17.7 Å². The van der Waals surface area contributed by atoms with E-state index in [1.165, 1.54) is 0 Å². The van der Waals surface area contributed by atoms with Gasteiger partial charge in [-0.25, -0.2) is 0 Å². The number of piperidine rings is 2. The molecule has 2 heterocycles. The van der Waals surface area contributed by atoms with Gasteiger partial charge in [0, 0.05) is 43.2 Å². The van der Waals surface area contributed by atoms with Gasteiger partial charge in [-0.2, -0.15) is 5.26 Å². The maximum absolute atomic E-state index is 12.8. The fourth-order valence-electron chi connectivity index (χ4n) is 4.56. The molecule has 6 heteroatoms. The Morgan fingerprint density at radius 2 is 1.52 bits per heavy atom. The average molecular weight is 446 g/mol. The lowest BCUT2D eigenvalue weighted by atomic mass is 9.98. The summed E-state index contributed by atoms with van der Waals surface area (Å²) >= 11 is 0. The molecule has 1 atom stereocenters. The molecule has 172 valence electrons. The van der Waals surface area contributed by atoms with Gasteiger partial charge in [0.15, 0.2) is 0 Å². The predicted octanol–water partition coefficient (Wildman–Crippen LogP) is 4.36. The maximum atomic E-state index is 12.8. The third kappa shape index (κ3) is 5.73. The van der Waals surface area contributed by atoms with Crippen molar-refractivity contribution in [1.82, 2.24) is 9.80 Å². The van der Waals surface area contributed by atoms with E-state index in [2.05, 4.69) is 13.0 Å². The molecule has 0 N–H and O–H groups in total. The van der Waals surface area contributed by atoms with E-state index in [0.29, 0.717) is 35.8 Å². The highest BCUT2D eigenvalue weighted by molar-refractivity contribution is 5.95. The van der Waals surface area contributed by atoms with Crippen molar-refractivity contribution in [2.24, 2.45) is 11.8 Å². The van der Waals surface area contributed by atoms with Crippen LogP contribution < -0.4 is 4.74 Å². The standard InChI is InChI=1S/C27H31N3O3/c1-20-12-15-29(16-13-20)26(31)24-8-10-25(11-9-24)33-19-22-3-2-14-30(18-22)27(32)23-6-4-21(17-28)5-7-23/h4-11,20,22H,2-3,12-16,18-19H2,1H3/t22-/m1/s1. The van der Waals surface area contributed by atoms with E-state index >= 15 is 0 Å². The van der Waals surface area contributed by atoms with Gasteiger partial charge in [-0.15, -0.1) is 0 Å². The molecule has 2 aliphatic rings. The molecule has 2 aromatic carbocycles. The number of likely N-dealkylation sites (tertiary alicyclic amines) is 2. The van der Waals surface area contributed by atoms with E-state index in [1.54, 1.807) is 24.3 Å². The molecule has 0 aromatic heterocycles. The molecule has 2 amide bonds. The van der Waals surface area contributed by atoms with Crippen molar-refractivity contribution >= 4 is 11.8 Å². The van der Waals surface area contributed by atoms with Crippen LogP contribution in [-0.4, -0.2) is 54.4 Å². The zero-order valence-corrected chi connectivity index (χ0v) is 19.2. The third-order valence-corrected chi connectivity index (χ3v) is 6.72. The van der Waals surface area contributed by atoms with Crippen LogP contribution in [0.4, 0.5) is 0 Å². The van der Waals surface area contributed by atoms with Crippen LogP contribution in [0.3, 0.4) is 0 Å². The van der Waals surface area contributed by atoms with Crippen molar-refractivity contribution in [3.8, 4) is 11.8 Å². The van der Waals surface area contributed by atoms with Crippen molar-refractivity contribution in [2.45, 2.75) is 32.6 Å². The zero-order chi connectivity index (χ0) is 23.2. The van der Waals surface area contributed by atoms with Crippen LogP contribution in [0.1, 0.15) is 58.9 Å². The van der Waals surface area contributed by atoms with E-state index in [1.807, 2.05) is 34.1 Å². The topological polar surface area (TPSA) is 73.6 Å². The summed E-state index contributed by atoms with van der Waals surface area (Å²) in [7, 11) is 0. The van der Waals surface area contributed by atoms with Crippen molar-refractivity contribution in [1.29, 1.82) is 5.26 Å². The summed E-state index contributed by atoms with van der Waals surface area (Å²) < 4.78 is 6.00. The number of amides is 2. The molecule has 0 spiro atoms. The molecule has 33 heavy (non-hydrogen) atoms. The minimum Gasteiger partial charge on any atom is -0.493 e. The number of carbonyl (C=O) groups excluding carboxylic acids is 2. The molecule has 2 aromatic rings. The van der Waals surface area contributed by atoms with Crippen LogP contribution in [0, 0.1) is 23.2 Å². The second-order valence-electron chi connectivity index (χ2n) is 9.26. The summed E-state index contributed by atoms with van der Waals surface area (Å²) in [6, 6.07) is 16.3. The van der Waals surface area contributed by atoms with Crippen molar-refractivity contribution in [2.75, 3.05) is 32.8 Å². The maximum Gasteiger partial charge on any atom is 0.253 e. The molecule has 6 nitrogen and oxygen atoms in total. The van der Waals surface area contributed by atoms with Gasteiger partial charge in [-0.1, -0.05) is 6.92 Å². The molecule has 0 radical (unpaired) electrons. The highest BCUT2D eigenvalue weighted by Crippen LogP contribution is 2.22. The number of nitriles is 1. The first-order valence-corrected chi connectivity index (χ1v) is 11.8. The smallest absolute Gasteiger partial charge is 0.253 e. The van der Waals surface area contributed by atoms with Crippen molar-refractivity contribution in [3.05, 3.63) is 65.2 Å². The first-order chi connectivity index (χ1) is 16.0. The number of ether oxygens (including phenoxy) is 1. The number of carbonyl (C=O) groups is 2. The predicted molar refractivity (Wildman–Crippen MR) is 126 cm³/mol. The van der Waals surface area contributed by atoms with Gasteiger partial charge in [-0.3, -0.25) is 9.59 Å². The summed E-state index contributed by atoms with van der Waals surface area (Å²) in [5.74, 6) is 1.80. The molecule has 4 rings (SSSR count). The number of benzene rings is 2. The van der Waals surface area contributed by atoms with E-state index in [4.69, 9.17) is 10.00 Å². The lowest BCUT2D eigenvalue weighted by molar-refractivity contribution is 0.0633. The minimum absolute atomic E-state index is 0.000776. The number of rotatable bonds is 5. The summed E-state index contributed by atoms with van der Waals surface area (Å²) in [6.45, 7) is 5.83. The highest BCUT2D eigenvalue weighted by atomic mass is 16.5. The van der Waals surface area contributed by atoms with Crippen LogP contribution in [0.15, 0.2) is 48.5 Å². The lowest BCUT2D eigenvalue weighted by Crippen LogP contribution is -2.41. The van der Waals surface area contributed by atoms with E-state index in [9.17, 15) is 9.59 Å². The van der Waals surface area contributed by atoms with E-state index in [0.717, 1.165) is 51.1 Å². The van der Waals surface area contributed by atoms with Gasteiger partial charge < -0.3 is 14.5 Å². The Balaban J connectivity index is 1.28. The van der Waals surface area contributed by atoms with E-state index < -0.39 is 0 Å². The largest absolute Gasteiger partial charge is 0.493 e. The highest BCUT2D eigenvalue weighted by Gasteiger charge is 2.25. The summed E-state index contributed by atoms with van der Waals surface area (Å²) in [5, 5.41) is 8.94. The van der Waals surface area contributed by atoms with Crippen molar-refractivity contribution < 1.29 is 14.3 Å². The van der Waals surface area contributed by atoms with Gasteiger partial charge in [-0.05, 0) is 80.1 Å². The monoisotopic (exact) mass is 445 g/mol. The SMILES string of the molecule is CC1CCN(C(=O)c2ccc(OC[C@@H]3CCCN(C(=O)c4ccc(C#N)cc4)C3)cc2)CC1. The Morgan fingerprint density at radius 1 is 0.909 bits per heavy atom. The van der Waals surface area contributed by atoms with Gasteiger partial charge in [0.25, 0.3) is 11.8 Å². The Morgan fingerprint density at radius 3 is 2.15 bits per heavy atom. The lowest BCUT2D eigenvalue weighted by Gasteiger charge is -2.32. The fraction of sp³-hybridized carbons (Fsp3) is 0.444. The third-order valence-electron chi connectivity index (χ3n) is 6.72. The average Bonchev–Trinajstić information content (AvgIpc) is 2.87.